The largest absolute Gasteiger partial charge is 0.469 e. The molecule has 0 saturated carbocycles. The Morgan fingerprint density at radius 1 is 1.26 bits per heavy atom. The first-order valence-corrected chi connectivity index (χ1v) is 7.19. The van der Waals surface area contributed by atoms with Crippen molar-refractivity contribution in [2.75, 3.05) is 0 Å². The van der Waals surface area contributed by atoms with Crippen LogP contribution in [0.1, 0.15) is 42.7 Å². The van der Waals surface area contributed by atoms with Gasteiger partial charge in [-0.3, -0.25) is 0 Å². The van der Waals surface area contributed by atoms with E-state index < -0.39 is 0 Å². The van der Waals surface area contributed by atoms with E-state index in [4.69, 9.17) is 4.42 Å². The summed E-state index contributed by atoms with van der Waals surface area (Å²) in [5, 5.41) is 3.75. The Morgan fingerprint density at radius 3 is 3.00 bits per heavy atom. The molecule has 3 rings (SSSR count). The number of hydrogen-bond acceptors (Lipinski definition) is 2. The molecule has 2 aromatic rings. The van der Waals surface area contributed by atoms with Gasteiger partial charge in [0.05, 0.1) is 6.26 Å². The van der Waals surface area contributed by atoms with Gasteiger partial charge in [-0.05, 0) is 49.4 Å². The van der Waals surface area contributed by atoms with E-state index >= 15 is 0 Å². The zero-order valence-corrected chi connectivity index (χ0v) is 11.4. The van der Waals surface area contributed by atoms with Crippen LogP contribution in [0.25, 0.3) is 0 Å². The van der Waals surface area contributed by atoms with E-state index in [-0.39, 0.29) is 0 Å². The molecule has 1 aliphatic carbocycles. The number of rotatable bonds is 4. The average Bonchev–Trinajstić information content (AvgIpc) is 2.92. The lowest BCUT2D eigenvalue weighted by atomic mass is 9.87. The Balaban J connectivity index is 1.67. The Morgan fingerprint density at radius 2 is 2.16 bits per heavy atom. The van der Waals surface area contributed by atoms with E-state index in [0.29, 0.717) is 12.1 Å². The summed E-state index contributed by atoms with van der Waals surface area (Å²) >= 11 is 0. The summed E-state index contributed by atoms with van der Waals surface area (Å²) in [6.07, 6.45) is 6.44. The van der Waals surface area contributed by atoms with Crippen LogP contribution in [0.4, 0.5) is 0 Å². The number of aryl methyl sites for hydroxylation is 1. The van der Waals surface area contributed by atoms with Crippen molar-refractivity contribution >= 4 is 0 Å². The number of fused-ring (bicyclic) bond motifs is 1. The van der Waals surface area contributed by atoms with Gasteiger partial charge in [-0.15, -0.1) is 0 Å². The molecule has 0 bridgehead atoms. The lowest BCUT2D eigenvalue weighted by Gasteiger charge is -2.29. The number of nitrogens with one attached hydrogen (secondary N) is 1. The van der Waals surface area contributed by atoms with Gasteiger partial charge < -0.3 is 9.73 Å². The van der Waals surface area contributed by atoms with Crippen molar-refractivity contribution in [2.45, 2.75) is 44.7 Å². The zero-order chi connectivity index (χ0) is 13.1. The summed E-state index contributed by atoms with van der Waals surface area (Å²) in [7, 11) is 0. The molecule has 0 fully saturated rings. The van der Waals surface area contributed by atoms with Gasteiger partial charge in [0.25, 0.3) is 0 Å². The molecule has 1 aromatic heterocycles. The van der Waals surface area contributed by atoms with Gasteiger partial charge >= 0.3 is 0 Å². The first kappa shape index (κ1) is 12.5. The lowest BCUT2D eigenvalue weighted by Crippen LogP contribution is -2.34. The minimum Gasteiger partial charge on any atom is -0.469 e. The van der Waals surface area contributed by atoms with E-state index in [0.717, 1.165) is 12.2 Å². The van der Waals surface area contributed by atoms with Crippen molar-refractivity contribution < 1.29 is 4.42 Å². The molecular formula is C17H21NO. The second-order valence-corrected chi connectivity index (χ2v) is 5.49. The van der Waals surface area contributed by atoms with E-state index in [1.807, 2.05) is 12.1 Å². The molecule has 2 atom stereocenters. The molecule has 2 nitrogen and oxygen atoms in total. The summed E-state index contributed by atoms with van der Waals surface area (Å²) in [6.45, 7) is 2.24. The van der Waals surface area contributed by atoms with Crippen LogP contribution in [0.2, 0.25) is 0 Å². The molecule has 1 N–H and O–H groups in total. The highest BCUT2D eigenvalue weighted by atomic mass is 16.3. The van der Waals surface area contributed by atoms with Crippen molar-refractivity contribution in [2.24, 2.45) is 0 Å². The van der Waals surface area contributed by atoms with Crippen LogP contribution in [0, 0.1) is 0 Å². The highest BCUT2D eigenvalue weighted by Gasteiger charge is 2.21. The number of furan rings is 1. The third kappa shape index (κ3) is 2.90. The fraction of sp³-hybridized carbons (Fsp3) is 0.412. The van der Waals surface area contributed by atoms with Crippen molar-refractivity contribution in [3.63, 3.8) is 0 Å². The Labute approximate surface area is 114 Å². The topological polar surface area (TPSA) is 25.2 Å². The summed E-state index contributed by atoms with van der Waals surface area (Å²) < 4.78 is 5.42. The molecule has 1 aliphatic rings. The molecule has 1 aromatic carbocycles. The highest BCUT2D eigenvalue weighted by Crippen LogP contribution is 2.29. The average molecular weight is 255 g/mol. The molecule has 19 heavy (non-hydrogen) atoms. The van der Waals surface area contributed by atoms with Gasteiger partial charge in [-0.25, -0.2) is 0 Å². The van der Waals surface area contributed by atoms with Crippen LogP contribution < -0.4 is 5.32 Å². The van der Waals surface area contributed by atoms with Crippen LogP contribution in [0.3, 0.4) is 0 Å². The third-order valence-corrected chi connectivity index (χ3v) is 3.94. The fourth-order valence-corrected chi connectivity index (χ4v) is 3.06. The maximum Gasteiger partial charge on any atom is 0.105 e. The first-order chi connectivity index (χ1) is 9.33. The minimum atomic E-state index is 0.433. The maximum atomic E-state index is 5.42. The molecule has 1 heterocycles. The molecule has 2 heteroatoms. The van der Waals surface area contributed by atoms with Crippen LogP contribution in [0.15, 0.2) is 47.1 Å². The van der Waals surface area contributed by atoms with Crippen molar-refractivity contribution in [3.05, 3.63) is 59.5 Å². The quantitative estimate of drug-likeness (QED) is 0.897. The molecule has 0 aliphatic heterocycles. The van der Waals surface area contributed by atoms with Crippen LogP contribution >= 0.6 is 0 Å². The molecule has 0 saturated heterocycles. The molecular weight excluding hydrogens is 234 g/mol. The molecule has 100 valence electrons. The standard InChI is InChI=1S/C17H21NO/c1-13(12-15-8-5-11-19-15)18-17-10-4-7-14-6-2-3-9-16(14)17/h2-3,5-6,8-9,11,13,17-18H,4,7,10,12H2,1H3. The summed E-state index contributed by atoms with van der Waals surface area (Å²) in [4.78, 5) is 0. The van der Waals surface area contributed by atoms with Gasteiger partial charge in [0.15, 0.2) is 0 Å². The van der Waals surface area contributed by atoms with Gasteiger partial charge in [0.1, 0.15) is 5.76 Å². The van der Waals surface area contributed by atoms with Crippen molar-refractivity contribution in [3.8, 4) is 0 Å². The second kappa shape index (κ2) is 5.62. The Bertz CT molecular complexity index is 518. The van der Waals surface area contributed by atoms with Gasteiger partial charge in [0.2, 0.25) is 0 Å². The molecule has 2 unspecified atom stereocenters. The predicted molar refractivity (Wildman–Crippen MR) is 77.1 cm³/mol. The van der Waals surface area contributed by atoms with Gasteiger partial charge in [0, 0.05) is 18.5 Å². The van der Waals surface area contributed by atoms with Crippen LogP contribution in [0.5, 0.6) is 0 Å². The third-order valence-electron chi connectivity index (χ3n) is 3.94. The predicted octanol–water partition coefficient (Wildman–Crippen LogP) is 3.88. The minimum absolute atomic E-state index is 0.433. The Kier molecular flexibility index (Phi) is 3.69. The number of hydrogen-bond donors (Lipinski definition) is 1. The first-order valence-electron chi connectivity index (χ1n) is 7.19. The van der Waals surface area contributed by atoms with E-state index in [1.54, 1.807) is 6.26 Å². The number of benzene rings is 1. The molecule has 0 amide bonds. The van der Waals surface area contributed by atoms with Crippen molar-refractivity contribution in [1.29, 1.82) is 0 Å². The summed E-state index contributed by atoms with van der Waals surface area (Å²) in [5.74, 6) is 1.06. The monoisotopic (exact) mass is 255 g/mol. The second-order valence-electron chi connectivity index (χ2n) is 5.49. The van der Waals surface area contributed by atoms with Gasteiger partial charge in [-0.1, -0.05) is 24.3 Å². The highest BCUT2D eigenvalue weighted by molar-refractivity contribution is 5.32. The van der Waals surface area contributed by atoms with E-state index in [1.165, 1.54) is 30.4 Å². The maximum absolute atomic E-state index is 5.42. The fourth-order valence-electron chi connectivity index (χ4n) is 3.06. The van der Waals surface area contributed by atoms with Crippen molar-refractivity contribution in [1.82, 2.24) is 5.32 Å². The normalized spacial score (nSPS) is 19.9. The SMILES string of the molecule is CC(Cc1ccco1)NC1CCCc2ccccc21. The zero-order valence-electron chi connectivity index (χ0n) is 11.4. The molecule has 0 spiro atoms. The summed E-state index contributed by atoms with van der Waals surface area (Å²) in [6, 6.07) is 13.8. The van der Waals surface area contributed by atoms with E-state index in [9.17, 15) is 0 Å². The van der Waals surface area contributed by atoms with Crippen LogP contribution in [-0.4, -0.2) is 6.04 Å². The summed E-state index contributed by atoms with van der Waals surface area (Å²) in [5.41, 5.74) is 3.00. The lowest BCUT2D eigenvalue weighted by molar-refractivity contribution is 0.386. The van der Waals surface area contributed by atoms with E-state index in [2.05, 4.69) is 36.5 Å². The Hall–Kier alpha value is -1.54. The van der Waals surface area contributed by atoms with Crippen LogP contribution in [-0.2, 0) is 12.8 Å². The van der Waals surface area contributed by atoms with Gasteiger partial charge in [-0.2, -0.15) is 0 Å². The molecule has 0 radical (unpaired) electrons. The smallest absolute Gasteiger partial charge is 0.105 e.